The molecule has 0 amide bonds. The molecule has 1 unspecified atom stereocenters. The minimum atomic E-state index is -0.585. The van der Waals surface area contributed by atoms with Crippen LogP contribution >= 0.6 is 0 Å². The zero-order valence-corrected chi connectivity index (χ0v) is 17.5. The van der Waals surface area contributed by atoms with E-state index in [-0.39, 0.29) is 18.0 Å². The molecule has 4 aromatic rings. The molecule has 2 bridgehead atoms. The van der Waals surface area contributed by atoms with Crippen molar-refractivity contribution in [3.05, 3.63) is 52.7 Å². The Kier molecular flexibility index (Phi) is 4.37. The van der Waals surface area contributed by atoms with Crippen molar-refractivity contribution < 1.29 is 9.13 Å². The van der Waals surface area contributed by atoms with Gasteiger partial charge in [0.25, 0.3) is 0 Å². The predicted molar refractivity (Wildman–Crippen MR) is 112 cm³/mol. The van der Waals surface area contributed by atoms with Crippen LogP contribution < -0.4 is 10.5 Å². The third-order valence-corrected chi connectivity index (χ3v) is 5.40. The fourth-order valence-electron chi connectivity index (χ4n) is 3.97. The number of anilines is 1. The molecule has 11 heteroatoms. The molecule has 2 N–H and O–H groups in total. The van der Waals surface area contributed by atoms with Crippen LogP contribution in [0.25, 0.3) is 22.5 Å². The van der Waals surface area contributed by atoms with Gasteiger partial charge in [-0.25, -0.2) is 4.39 Å². The van der Waals surface area contributed by atoms with Gasteiger partial charge in [0.1, 0.15) is 35.1 Å². The SMILES string of the molecule is CC1Oc2cc(nnc2N)-c2c(nn(C)c2C#N)Cc2nn(C)nc2-c2ccc(F)cc21. The molecular formula is C21H18FN9O. The second-order valence-corrected chi connectivity index (χ2v) is 7.54. The van der Waals surface area contributed by atoms with Gasteiger partial charge >= 0.3 is 0 Å². The first kappa shape index (κ1) is 19.6. The quantitative estimate of drug-likeness (QED) is 0.448. The van der Waals surface area contributed by atoms with Gasteiger partial charge in [-0.1, -0.05) is 0 Å². The average Bonchev–Trinajstić information content (AvgIpc) is 3.27. The number of nitrogens with zero attached hydrogens (tertiary/aromatic N) is 8. The molecule has 0 spiro atoms. The Hall–Kier alpha value is -4.33. The number of halogens is 1. The highest BCUT2D eigenvalue weighted by Crippen LogP contribution is 2.37. The van der Waals surface area contributed by atoms with Gasteiger partial charge in [0, 0.05) is 37.7 Å². The summed E-state index contributed by atoms with van der Waals surface area (Å²) in [6, 6.07) is 8.24. The van der Waals surface area contributed by atoms with Crippen molar-refractivity contribution in [2.75, 3.05) is 5.73 Å². The largest absolute Gasteiger partial charge is 0.482 e. The van der Waals surface area contributed by atoms with Crippen LogP contribution in [0.3, 0.4) is 0 Å². The molecule has 0 fully saturated rings. The van der Waals surface area contributed by atoms with Crippen LogP contribution in [0.2, 0.25) is 0 Å². The van der Waals surface area contributed by atoms with Gasteiger partial charge < -0.3 is 10.5 Å². The smallest absolute Gasteiger partial charge is 0.188 e. The zero-order valence-electron chi connectivity index (χ0n) is 17.5. The van der Waals surface area contributed by atoms with E-state index in [1.165, 1.54) is 21.6 Å². The first-order valence-electron chi connectivity index (χ1n) is 9.82. The molecule has 3 aromatic heterocycles. The van der Waals surface area contributed by atoms with E-state index in [4.69, 9.17) is 10.5 Å². The molecule has 0 saturated heterocycles. The summed E-state index contributed by atoms with van der Waals surface area (Å²) in [6.45, 7) is 1.79. The fraction of sp³-hybridized carbons (Fsp3) is 0.238. The lowest BCUT2D eigenvalue weighted by Crippen LogP contribution is -2.10. The van der Waals surface area contributed by atoms with Gasteiger partial charge in [0.2, 0.25) is 0 Å². The molecule has 0 saturated carbocycles. The van der Waals surface area contributed by atoms with Crippen molar-refractivity contribution in [3.63, 3.8) is 0 Å². The van der Waals surface area contributed by atoms with Gasteiger partial charge in [0.05, 0.1) is 17.0 Å². The Balaban J connectivity index is 1.84. The molecule has 10 nitrogen and oxygen atoms in total. The van der Waals surface area contributed by atoms with Crippen molar-refractivity contribution >= 4 is 5.82 Å². The van der Waals surface area contributed by atoms with Crippen LogP contribution in [-0.2, 0) is 20.5 Å². The summed E-state index contributed by atoms with van der Waals surface area (Å²) in [5, 5.41) is 31.5. The van der Waals surface area contributed by atoms with E-state index >= 15 is 0 Å². The highest BCUT2D eigenvalue weighted by Gasteiger charge is 2.27. The minimum absolute atomic E-state index is 0.0831. The number of nitrogens with two attached hydrogens (primary N) is 1. The molecular weight excluding hydrogens is 413 g/mol. The monoisotopic (exact) mass is 431 g/mol. The Bertz CT molecular complexity index is 1420. The van der Waals surface area contributed by atoms with Crippen molar-refractivity contribution in [1.29, 1.82) is 5.26 Å². The predicted octanol–water partition coefficient (Wildman–Crippen LogP) is 2.31. The second-order valence-electron chi connectivity index (χ2n) is 7.54. The van der Waals surface area contributed by atoms with Crippen LogP contribution in [0, 0.1) is 17.1 Å². The van der Waals surface area contributed by atoms with Gasteiger partial charge in [-0.2, -0.15) is 25.4 Å². The zero-order chi connectivity index (χ0) is 22.6. The Morgan fingerprint density at radius 2 is 1.97 bits per heavy atom. The molecule has 0 radical (unpaired) electrons. The lowest BCUT2D eigenvalue weighted by molar-refractivity contribution is 0.227. The summed E-state index contributed by atoms with van der Waals surface area (Å²) in [5.74, 6) is -0.0416. The minimum Gasteiger partial charge on any atom is -0.482 e. The van der Waals surface area contributed by atoms with E-state index in [0.717, 1.165) is 0 Å². The number of hydrogen-bond acceptors (Lipinski definition) is 8. The van der Waals surface area contributed by atoms with Crippen LogP contribution in [0.4, 0.5) is 10.2 Å². The number of benzene rings is 1. The number of aryl methyl sites for hydroxylation is 2. The molecule has 0 aliphatic carbocycles. The number of hydrogen-bond donors (Lipinski definition) is 1. The highest BCUT2D eigenvalue weighted by atomic mass is 19.1. The fourth-order valence-corrected chi connectivity index (χ4v) is 3.97. The molecule has 4 heterocycles. The number of rotatable bonds is 0. The Labute approximate surface area is 182 Å². The summed E-state index contributed by atoms with van der Waals surface area (Å²) in [6.07, 6.45) is -0.306. The lowest BCUT2D eigenvalue weighted by Gasteiger charge is -2.20. The maximum absolute atomic E-state index is 14.2. The summed E-state index contributed by atoms with van der Waals surface area (Å²) >= 11 is 0. The van der Waals surface area contributed by atoms with Crippen molar-refractivity contribution in [1.82, 2.24) is 35.0 Å². The lowest BCUT2D eigenvalue weighted by atomic mass is 9.96. The normalized spacial score (nSPS) is 14.8. The van der Waals surface area contributed by atoms with Crippen molar-refractivity contribution in [3.8, 4) is 34.3 Å². The highest BCUT2D eigenvalue weighted by molar-refractivity contribution is 5.73. The van der Waals surface area contributed by atoms with E-state index in [9.17, 15) is 9.65 Å². The topological polar surface area (TPSA) is 133 Å². The van der Waals surface area contributed by atoms with Crippen LogP contribution in [0.15, 0.2) is 24.3 Å². The van der Waals surface area contributed by atoms with E-state index in [1.807, 2.05) is 0 Å². The Morgan fingerprint density at radius 1 is 1.16 bits per heavy atom. The van der Waals surface area contributed by atoms with Gasteiger partial charge in [-0.05, 0) is 25.1 Å². The molecule has 1 aromatic carbocycles. The molecule has 32 heavy (non-hydrogen) atoms. The first-order valence-corrected chi connectivity index (χ1v) is 9.82. The van der Waals surface area contributed by atoms with Crippen molar-refractivity contribution in [2.24, 2.45) is 14.1 Å². The maximum Gasteiger partial charge on any atom is 0.188 e. The number of nitriles is 1. The third-order valence-electron chi connectivity index (χ3n) is 5.40. The van der Waals surface area contributed by atoms with E-state index < -0.39 is 11.9 Å². The average molecular weight is 431 g/mol. The number of ether oxygens (including phenoxy) is 1. The summed E-state index contributed by atoms with van der Waals surface area (Å²) < 4.78 is 21.8. The molecule has 1 atom stereocenters. The first-order chi connectivity index (χ1) is 15.4. The summed E-state index contributed by atoms with van der Waals surface area (Å²) in [4.78, 5) is 1.45. The van der Waals surface area contributed by atoms with Crippen LogP contribution in [0.5, 0.6) is 5.75 Å². The van der Waals surface area contributed by atoms with Gasteiger partial charge in [-0.15, -0.1) is 10.2 Å². The Morgan fingerprint density at radius 3 is 2.75 bits per heavy atom. The molecule has 1 aliphatic rings. The second kappa shape index (κ2) is 7.12. The van der Waals surface area contributed by atoms with E-state index in [2.05, 4.69) is 31.6 Å². The molecule has 160 valence electrons. The number of fused-ring (bicyclic) bond motifs is 7. The van der Waals surface area contributed by atoms with E-state index in [1.54, 1.807) is 33.2 Å². The molecule has 5 rings (SSSR count). The van der Waals surface area contributed by atoms with Gasteiger partial charge in [-0.3, -0.25) is 4.68 Å². The van der Waals surface area contributed by atoms with Crippen molar-refractivity contribution in [2.45, 2.75) is 19.4 Å². The van der Waals surface area contributed by atoms with E-state index in [0.29, 0.717) is 45.2 Å². The maximum atomic E-state index is 14.2. The van der Waals surface area contributed by atoms with Crippen LogP contribution in [0.1, 0.15) is 35.7 Å². The number of nitrogen functional groups attached to an aromatic ring is 1. The van der Waals surface area contributed by atoms with Gasteiger partial charge in [0.15, 0.2) is 11.6 Å². The molecule has 1 aliphatic heterocycles. The number of aromatic nitrogens is 7. The summed E-state index contributed by atoms with van der Waals surface area (Å²) in [5.41, 5.74) is 10.3. The third kappa shape index (κ3) is 3.04. The summed E-state index contributed by atoms with van der Waals surface area (Å²) in [7, 11) is 3.40. The van der Waals surface area contributed by atoms with Crippen LogP contribution in [-0.4, -0.2) is 35.0 Å². The standard InChI is InChI=1S/C21H18FN9O/c1-10-13-6-11(22)4-5-12(13)20-16(28-31(3)29-20)7-15-19(17(9-23)30(2)27-15)14-8-18(32-10)21(24)26-25-14/h4-6,8,10H,7H2,1-3H3,(H2,24,26).